The number of H-pyrrole nitrogens is 1. The highest BCUT2D eigenvalue weighted by Gasteiger charge is 2.26. The van der Waals surface area contributed by atoms with Gasteiger partial charge in [-0.2, -0.15) is 0 Å². The summed E-state index contributed by atoms with van der Waals surface area (Å²) in [5, 5.41) is 5.18. The van der Waals surface area contributed by atoms with Crippen LogP contribution in [0.4, 0.5) is 0 Å². The quantitative estimate of drug-likeness (QED) is 0.677. The highest BCUT2D eigenvalue weighted by molar-refractivity contribution is 7.80. The molecule has 158 valence electrons. The van der Waals surface area contributed by atoms with Gasteiger partial charge in [0.25, 0.3) is 5.56 Å². The molecule has 0 bridgehead atoms. The normalized spacial score (nSPS) is 17.0. The highest BCUT2D eigenvalue weighted by atomic mass is 32.1. The number of aromatic amines is 1. The van der Waals surface area contributed by atoms with Crippen molar-refractivity contribution in [1.29, 1.82) is 0 Å². The van der Waals surface area contributed by atoms with Crippen molar-refractivity contribution in [3.8, 4) is 0 Å². The number of rotatable bonds is 7. The van der Waals surface area contributed by atoms with Crippen LogP contribution in [0.1, 0.15) is 49.8 Å². The topological polar surface area (TPSA) is 51.4 Å². The van der Waals surface area contributed by atoms with E-state index in [-0.39, 0.29) is 5.56 Å². The van der Waals surface area contributed by atoms with Gasteiger partial charge in [-0.05, 0) is 81.0 Å². The zero-order chi connectivity index (χ0) is 21.0. The van der Waals surface area contributed by atoms with Crippen LogP contribution in [0.3, 0.4) is 0 Å². The van der Waals surface area contributed by atoms with Gasteiger partial charge in [0.2, 0.25) is 0 Å². The third kappa shape index (κ3) is 4.98. The Bertz CT molecular complexity index is 923. The summed E-state index contributed by atoms with van der Waals surface area (Å²) in [6.45, 7) is 12.9. The predicted molar refractivity (Wildman–Crippen MR) is 126 cm³/mol. The first-order valence-electron chi connectivity index (χ1n) is 10.8. The molecule has 1 aliphatic rings. The molecule has 2 heterocycles. The number of benzene rings is 1. The molecule has 0 radical (unpaired) electrons. The monoisotopic (exact) mass is 414 g/mol. The maximum Gasteiger partial charge on any atom is 0.253 e. The molecule has 1 aliphatic heterocycles. The Morgan fingerprint density at radius 1 is 1.34 bits per heavy atom. The molecule has 29 heavy (non-hydrogen) atoms. The average molecular weight is 415 g/mol. The van der Waals surface area contributed by atoms with Gasteiger partial charge in [0.15, 0.2) is 5.11 Å². The van der Waals surface area contributed by atoms with Crippen molar-refractivity contribution in [3.63, 3.8) is 0 Å². The molecule has 1 aromatic heterocycles. The van der Waals surface area contributed by atoms with Crippen molar-refractivity contribution in [2.75, 3.05) is 26.2 Å². The second-order valence-corrected chi connectivity index (χ2v) is 8.52. The van der Waals surface area contributed by atoms with E-state index in [1.807, 2.05) is 6.07 Å². The van der Waals surface area contributed by atoms with Gasteiger partial charge in [-0.1, -0.05) is 26.0 Å². The molecule has 0 amide bonds. The van der Waals surface area contributed by atoms with Gasteiger partial charge < -0.3 is 15.2 Å². The molecule has 0 spiro atoms. The van der Waals surface area contributed by atoms with Crippen LogP contribution in [0.5, 0.6) is 0 Å². The van der Waals surface area contributed by atoms with E-state index in [1.54, 1.807) is 0 Å². The van der Waals surface area contributed by atoms with E-state index in [1.165, 1.54) is 18.4 Å². The molecule has 0 saturated carbocycles. The maximum atomic E-state index is 12.9. The fraction of sp³-hybridized carbons (Fsp3) is 0.565. The molecular weight excluding hydrogens is 380 g/mol. The molecule has 3 rings (SSSR count). The number of aryl methyl sites for hydroxylation is 2. The first kappa shape index (κ1) is 21.8. The molecule has 1 saturated heterocycles. The number of pyridine rings is 1. The Labute approximate surface area is 179 Å². The minimum absolute atomic E-state index is 0.0201. The lowest BCUT2D eigenvalue weighted by Gasteiger charge is -2.32. The van der Waals surface area contributed by atoms with E-state index in [0.717, 1.165) is 59.7 Å². The minimum atomic E-state index is -0.0201. The highest BCUT2D eigenvalue weighted by Crippen LogP contribution is 2.21. The second-order valence-electron chi connectivity index (χ2n) is 8.13. The summed E-state index contributed by atoms with van der Waals surface area (Å²) in [6.07, 6.45) is 3.44. The molecule has 1 aromatic carbocycles. The van der Waals surface area contributed by atoms with Crippen molar-refractivity contribution in [3.05, 3.63) is 45.2 Å². The number of aromatic nitrogens is 1. The number of nitrogens with one attached hydrogen (secondary N) is 2. The fourth-order valence-corrected chi connectivity index (χ4v) is 4.47. The molecule has 1 fully saturated rings. The summed E-state index contributed by atoms with van der Waals surface area (Å²) in [4.78, 5) is 20.7. The fourth-order valence-electron chi connectivity index (χ4n) is 4.23. The molecule has 0 aliphatic carbocycles. The van der Waals surface area contributed by atoms with Crippen molar-refractivity contribution in [2.45, 2.75) is 59.5 Å². The molecular formula is C23H34N4OS. The largest absolute Gasteiger partial charge is 0.363 e. The smallest absolute Gasteiger partial charge is 0.253 e. The molecule has 1 unspecified atom stereocenters. The summed E-state index contributed by atoms with van der Waals surface area (Å²) in [6, 6.07) is 6.72. The predicted octanol–water partition coefficient (Wildman–Crippen LogP) is 3.72. The summed E-state index contributed by atoms with van der Waals surface area (Å²) in [5.41, 5.74) is 4.00. The first-order chi connectivity index (χ1) is 13.9. The summed E-state index contributed by atoms with van der Waals surface area (Å²) in [5.74, 6) is 0. The van der Waals surface area contributed by atoms with E-state index in [9.17, 15) is 4.79 Å². The number of likely N-dealkylation sites (tertiary alicyclic amines) is 1. The molecule has 1 atom stereocenters. The van der Waals surface area contributed by atoms with E-state index < -0.39 is 0 Å². The third-order valence-corrected chi connectivity index (χ3v) is 6.54. The number of hydrogen-bond acceptors (Lipinski definition) is 3. The van der Waals surface area contributed by atoms with Crippen LogP contribution in [0, 0.1) is 13.8 Å². The van der Waals surface area contributed by atoms with Crippen molar-refractivity contribution >= 4 is 28.2 Å². The summed E-state index contributed by atoms with van der Waals surface area (Å²) in [7, 11) is 0. The van der Waals surface area contributed by atoms with Gasteiger partial charge >= 0.3 is 0 Å². The van der Waals surface area contributed by atoms with Crippen LogP contribution < -0.4 is 10.9 Å². The van der Waals surface area contributed by atoms with Gasteiger partial charge in [0.05, 0.1) is 12.1 Å². The third-order valence-electron chi connectivity index (χ3n) is 6.14. The van der Waals surface area contributed by atoms with Crippen LogP contribution in [-0.4, -0.2) is 52.1 Å². The molecule has 2 N–H and O–H groups in total. The van der Waals surface area contributed by atoms with Crippen molar-refractivity contribution < 1.29 is 0 Å². The van der Waals surface area contributed by atoms with Crippen LogP contribution >= 0.6 is 12.2 Å². The van der Waals surface area contributed by atoms with E-state index in [0.29, 0.717) is 12.6 Å². The first-order valence-corrected chi connectivity index (χ1v) is 11.2. The lowest BCUT2D eigenvalue weighted by molar-refractivity contribution is 0.219. The van der Waals surface area contributed by atoms with Gasteiger partial charge in [-0.25, -0.2) is 0 Å². The van der Waals surface area contributed by atoms with Gasteiger partial charge in [-0.15, -0.1) is 0 Å². The van der Waals surface area contributed by atoms with Crippen LogP contribution in [0.25, 0.3) is 10.9 Å². The average Bonchev–Trinajstić information content (AvgIpc) is 3.16. The number of thiocarbonyl (C=S) groups is 1. The lowest BCUT2D eigenvalue weighted by atomic mass is 10.0. The Morgan fingerprint density at radius 2 is 2.14 bits per heavy atom. The SMILES string of the molecule is CCCNC(=S)N(Cc1cc2ccc(C)c(C)c2[nH]c1=O)CC1CCCN1CC. The van der Waals surface area contributed by atoms with Crippen molar-refractivity contribution in [2.24, 2.45) is 0 Å². The van der Waals surface area contributed by atoms with E-state index in [4.69, 9.17) is 12.2 Å². The number of likely N-dealkylation sites (N-methyl/N-ethyl adjacent to an activating group) is 1. The maximum absolute atomic E-state index is 12.9. The van der Waals surface area contributed by atoms with Gasteiger partial charge in [0.1, 0.15) is 0 Å². The van der Waals surface area contributed by atoms with Crippen LogP contribution in [0.2, 0.25) is 0 Å². The molecule has 6 heteroatoms. The van der Waals surface area contributed by atoms with Crippen molar-refractivity contribution in [1.82, 2.24) is 20.1 Å². The molecule has 5 nitrogen and oxygen atoms in total. The summed E-state index contributed by atoms with van der Waals surface area (Å²) < 4.78 is 0. The number of hydrogen-bond donors (Lipinski definition) is 2. The van der Waals surface area contributed by atoms with Crippen LogP contribution in [-0.2, 0) is 6.54 Å². The second kappa shape index (κ2) is 9.72. The number of fused-ring (bicyclic) bond motifs is 1. The minimum Gasteiger partial charge on any atom is -0.363 e. The molecule has 2 aromatic rings. The standard InChI is InChI=1S/C23H34N4OS/c1-5-11-24-23(29)27(15-20-8-7-12-26(20)6-2)14-19-13-18-10-9-16(3)17(4)21(18)25-22(19)28/h9-10,13,20H,5-8,11-12,14-15H2,1-4H3,(H,24,29)(H,25,28). The Hall–Kier alpha value is -1.92. The lowest BCUT2D eigenvalue weighted by Crippen LogP contribution is -2.47. The zero-order valence-corrected chi connectivity index (χ0v) is 19.0. The Kier molecular flexibility index (Phi) is 7.30. The van der Waals surface area contributed by atoms with Gasteiger partial charge in [-0.3, -0.25) is 9.69 Å². The van der Waals surface area contributed by atoms with Gasteiger partial charge in [0, 0.05) is 24.7 Å². The van der Waals surface area contributed by atoms with E-state index >= 15 is 0 Å². The Morgan fingerprint density at radius 3 is 2.86 bits per heavy atom. The summed E-state index contributed by atoms with van der Waals surface area (Å²) >= 11 is 5.71. The number of nitrogens with zero attached hydrogens (tertiary/aromatic N) is 2. The van der Waals surface area contributed by atoms with Crippen LogP contribution in [0.15, 0.2) is 23.0 Å². The zero-order valence-electron chi connectivity index (χ0n) is 18.2. The van der Waals surface area contributed by atoms with E-state index in [2.05, 4.69) is 59.9 Å². The Balaban J connectivity index is 1.88.